The molecule has 0 rings (SSSR count). The summed E-state index contributed by atoms with van der Waals surface area (Å²) < 4.78 is 0. The van der Waals surface area contributed by atoms with Crippen LogP contribution in [0.15, 0.2) is 0 Å². The molecule has 0 fully saturated rings. The van der Waals surface area contributed by atoms with Crippen LogP contribution in [0.25, 0.3) is 0 Å². The molecule has 4 heteroatoms. The molecule has 0 radical (unpaired) electrons. The van der Waals surface area contributed by atoms with Crippen LogP contribution in [-0.4, -0.2) is 36.0 Å². The van der Waals surface area contributed by atoms with Crippen molar-refractivity contribution in [3.05, 3.63) is 0 Å². The molecule has 0 aromatic heterocycles. The number of carbonyl (C=O) groups is 1. The van der Waals surface area contributed by atoms with Crippen molar-refractivity contribution in [2.75, 3.05) is 18.6 Å². The van der Waals surface area contributed by atoms with Crippen LogP contribution >= 0.6 is 11.8 Å². The quantitative estimate of drug-likeness (QED) is 0.675. The third kappa shape index (κ3) is 7.99. The van der Waals surface area contributed by atoms with Crippen molar-refractivity contribution in [1.29, 1.82) is 0 Å². The largest absolute Gasteiger partial charge is 0.358 e. The zero-order valence-electron chi connectivity index (χ0n) is 11.2. The Kier molecular flexibility index (Phi) is 7.85. The van der Waals surface area contributed by atoms with Crippen LogP contribution in [-0.2, 0) is 4.79 Å². The number of rotatable bonds is 7. The van der Waals surface area contributed by atoms with Gasteiger partial charge >= 0.3 is 0 Å². The van der Waals surface area contributed by atoms with Crippen molar-refractivity contribution >= 4 is 17.7 Å². The minimum atomic E-state index is -0.0909. The Labute approximate surface area is 104 Å². The molecule has 0 aromatic carbocycles. The summed E-state index contributed by atoms with van der Waals surface area (Å²) in [6.07, 6.45) is 2.44. The predicted octanol–water partition coefficient (Wildman–Crippen LogP) is 2.02. The molecule has 0 bridgehead atoms. The number of nitrogens with one attached hydrogen (secondary N) is 2. The second-order valence-corrected chi connectivity index (χ2v) is 6.14. The average Bonchev–Trinajstić information content (AvgIpc) is 2.19. The maximum absolute atomic E-state index is 11.7. The van der Waals surface area contributed by atoms with E-state index >= 15 is 0 Å². The minimum Gasteiger partial charge on any atom is -0.358 e. The van der Waals surface area contributed by atoms with Crippen molar-refractivity contribution in [3.8, 4) is 0 Å². The Morgan fingerprint density at radius 3 is 2.44 bits per heavy atom. The van der Waals surface area contributed by atoms with Gasteiger partial charge in [0.05, 0.1) is 6.04 Å². The lowest BCUT2D eigenvalue weighted by Crippen LogP contribution is -2.52. The van der Waals surface area contributed by atoms with Gasteiger partial charge in [-0.15, -0.1) is 0 Å². The van der Waals surface area contributed by atoms with Gasteiger partial charge in [-0.25, -0.2) is 0 Å². The van der Waals surface area contributed by atoms with Crippen LogP contribution in [0.2, 0.25) is 0 Å². The van der Waals surface area contributed by atoms with Crippen LogP contribution in [0.1, 0.15) is 40.5 Å². The van der Waals surface area contributed by atoms with E-state index in [0.717, 1.165) is 11.5 Å². The van der Waals surface area contributed by atoms with Crippen LogP contribution in [0.4, 0.5) is 0 Å². The highest BCUT2D eigenvalue weighted by atomic mass is 32.2. The van der Waals surface area contributed by atoms with Gasteiger partial charge in [-0.1, -0.05) is 13.3 Å². The topological polar surface area (TPSA) is 41.1 Å². The number of hydrogen-bond acceptors (Lipinski definition) is 3. The van der Waals surface area contributed by atoms with E-state index in [2.05, 4.69) is 38.3 Å². The van der Waals surface area contributed by atoms with E-state index in [1.54, 1.807) is 7.05 Å². The van der Waals surface area contributed by atoms with E-state index in [1.165, 1.54) is 12.8 Å². The first-order valence-corrected chi connectivity index (χ1v) is 7.13. The molecule has 0 aliphatic carbocycles. The number of hydrogen-bond donors (Lipinski definition) is 2. The summed E-state index contributed by atoms with van der Waals surface area (Å²) >= 11 is 1.85. The summed E-state index contributed by atoms with van der Waals surface area (Å²) in [5, 5.41) is 6.06. The molecule has 1 atom stereocenters. The maximum Gasteiger partial charge on any atom is 0.237 e. The van der Waals surface area contributed by atoms with Crippen molar-refractivity contribution < 1.29 is 4.79 Å². The highest BCUT2D eigenvalue weighted by molar-refractivity contribution is 7.99. The summed E-state index contributed by atoms with van der Waals surface area (Å²) in [6.45, 7) is 8.43. The van der Waals surface area contributed by atoms with E-state index in [9.17, 15) is 4.79 Å². The van der Waals surface area contributed by atoms with Crippen molar-refractivity contribution in [3.63, 3.8) is 0 Å². The van der Waals surface area contributed by atoms with Gasteiger partial charge < -0.3 is 10.6 Å². The van der Waals surface area contributed by atoms with Crippen molar-refractivity contribution in [2.45, 2.75) is 52.1 Å². The molecule has 0 spiro atoms. The summed E-state index contributed by atoms with van der Waals surface area (Å²) in [6, 6.07) is -0.0909. The number of likely N-dealkylation sites (N-methyl/N-ethyl adjacent to an activating group) is 1. The molecule has 0 aromatic rings. The first kappa shape index (κ1) is 15.8. The van der Waals surface area contributed by atoms with Gasteiger partial charge in [-0.3, -0.25) is 4.79 Å². The molecule has 2 N–H and O–H groups in total. The lowest BCUT2D eigenvalue weighted by atomic mass is 10.1. The fourth-order valence-electron chi connectivity index (χ4n) is 1.33. The zero-order chi connectivity index (χ0) is 12.6. The van der Waals surface area contributed by atoms with Crippen LogP contribution in [0.5, 0.6) is 0 Å². The maximum atomic E-state index is 11.7. The summed E-state index contributed by atoms with van der Waals surface area (Å²) in [4.78, 5) is 11.7. The molecule has 0 heterocycles. The fourth-order valence-corrected chi connectivity index (χ4v) is 2.46. The Hall–Kier alpha value is -0.220. The highest BCUT2D eigenvalue weighted by Gasteiger charge is 2.22. The van der Waals surface area contributed by atoms with E-state index in [4.69, 9.17) is 0 Å². The average molecular weight is 246 g/mol. The molecule has 3 nitrogen and oxygen atoms in total. The molecule has 0 saturated carbocycles. The smallest absolute Gasteiger partial charge is 0.237 e. The Balaban J connectivity index is 4.06. The van der Waals surface area contributed by atoms with Gasteiger partial charge in [-0.05, 0) is 32.9 Å². The molecule has 0 saturated heterocycles. The van der Waals surface area contributed by atoms with E-state index < -0.39 is 0 Å². The molecular weight excluding hydrogens is 220 g/mol. The monoisotopic (exact) mass is 246 g/mol. The first-order chi connectivity index (χ1) is 7.40. The number of thioether (sulfide) groups is 1. The van der Waals surface area contributed by atoms with Crippen molar-refractivity contribution in [2.24, 2.45) is 0 Å². The highest BCUT2D eigenvalue weighted by Crippen LogP contribution is 2.10. The van der Waals surface area contributed by atoms with Gasteiger partial charge in [0.1, 0.15) is 0 Å². The second-order valence-electron chi connectivity index (χ2n) is 4.99. The molecule has 96 valence electrons. The lowest BCUT2D eigenvalue weighted by molar-refractivity contribution is -0.122. The van der Waals surface area contributed by atoms with Crippen LogP contribution in [0.3, 0.4) is 0 Å². The third-order valence-electron chi connectivity index (χ3n) is 2.10. The third-order valence-corrected chi connectivity index (χ3v) is 3.24. The molecular formula is C12H26N2OS. The Morgan fingerprint density at radius 1 is 1.38 bits per heavy atom. The van der Waals surface area contributed by atoms with Crippen LogP contribution < -0.4 is 10.6 Å². The van der Waals surface area contributed by atoms with Gasteiger partial charge in [0.15, 0.2) is 0 Å². The predicted molar refractivity (Wildman–Crippen MR) is 73.0 cm³/mol. The number of carbonyl (C=O) groups excluding carboxylic acids is 1. The number of amides is 1. The Bertz CT molecular complexity index is 202. The number of unbranched alkanes of at least 4 members (excludes halogenated alkanes) is 1. The summed E-state index contributed by atoms with van der Waals surface area (Å²) in [5.74, 6) is 2.06. The van der Waals surface area contributed by atoms with Crippen molar-refractivity contribution in [1.82, 2.24) is 10.6 Å². The minimum absolute atomic E-state index is 0.0253. The van der Waals surface area contributed by atoms with Gasteiger partial charge in [-0.2, -0.15) is 11.8 Å². The molecule has 0 aliphatic rings. The van der Waals surface area contributed by atoms with Gasteiger partial charge in [0.2, 0.25) is 5.91 Å². The standard InChI is InChI=1S/C12H26N2OS/c1-6-7-8-16-9-10(11(15)13-5)14-12(2,3)4/h10,14H,6-9H2,1-5H3,(H,13,15). The Morgan fingerprint density at radius 2 is 2.00 bits per heavy atom. The lowest BCUT2D eigenvalue weighted by Gasteiger charge is -2.27. The second kappa shape index (κ2) is 7.96. The SMILES string of the molecule is CCCCSCC(NC(C)(C)C)C(=O)NC. The van der Waals surface area contributed by atoms with E-state index in [1.807, 2.05) is 11.8 Å². The summed E-state index contributed by atoms with van der Waals surface area (Å²) in [7, 11) is 1.69. The fraction of sp³-hybridized carbons (Fsp3) is 0.917. The molecule has 0 aliphatic heterocycles. The molecule has 1 unspecified atom stereocenters. The summed E-state index contributed by atoms with van der Waals surface area (Å²) in [5.41, 5.74) is -0.0253. The molecule has 1 amide bonds. The van der Waals surface area contributed by atoms with E-state index in [-0.39, 0.29) is 17.5 Å². The van der Waals surface area contributed by atoms with E-state index in [0.29, 0.717) is 0 Å². The van der Waals surface area contributed by atoms with Crippen LogP contribution in [0, 0.1) is 0 Å². The van der Waals surface area contributed by atoms with Gasteiger partial charge in [0, 0.05) is 18.3 Å². The molecule has 16 heavy (non-hydrogen) atoms. The van der Waals surface area contributed by atoms with Gasteiger partial charge in [0.25, 0.3) is 0 Å². The normalized spacial score (nSPS) is 13.6. The first-order valence-electron chi connectivity index (χ1n) is 5.97. The zero-order valence-corrected chi connectivity index (χ0v) is 12.0.